The lowest BCUT2D eigenvalue weighted by molar-refractivity contribution is 0.481. The van der Waals surface area contributed by atoms with E-state index in [1.165, 1.54) is 0 Å². The molecule has 0 bridgehead atoms. The molecule has 2 N–H and O–H groups in total. The van der Waals surface area contributed by atoms with Crippen LogP contribution in [-0.2, 0) is 0 Å². The number of H-pyrrole nitrogens is 1. The summed E-state index contributed by atoms with van der Waals surface area (Å²) >= 11 is 1.63. The number of aromatic amines is 1. The summed E-state index contributed by atoms with van der Waals surface area (Å²) in [6, 6.07) is 5.49. The maximum atomic E-state index is 9.54. The standard InChI is InChI=1S/C9H9NOS/c1-12-8-5-10-6-3-2-4-7(11)9(6)8/h2-5,10-11H,1H3. The molecule has 0 aliphatic rings. The highest BCUT2D eigenvalue weighted by Crippen LogP contribution is 2.32. The summed E-state index contributed by atoms with van der Waals surface area (Å²) in [5.74, 6) is 0.345. The van der Waals surface area contributed by atoms with Crippen LogP contribution >= 0.6 is 11.8 Å². The van der Waals surface area contributed by atoms with E-state index in [0.29, 0.717) is 5.75 Å². The average molecular weight is 179 g/mol. The van der Waals surface area contributed by atoms with E-state index in [-0.39, 0.29) is 0 Å². The third-order valence-electron chi connectivity index (χ3n) is 1.87. The normalized spacial score (nSPS) is 10.8. The number of hydrogen-bond donors (Lipinski definition) is 2. The van der Waals surface area contributed by atoms with Gasteiger partial charge in [-0.25, -0.2) is 0 Å². The van der Waals surface area contributed by atoms with Crippen molar-refractivity contribution in [3.8, 4) is 5.75 Å². The lowest BCUT2D eigenvalue weighted by Gasteiger charge is -1.96. The van der Waals surface area contributed by atoms with Crippen LogP contribution in [0.2, 0.25) is 0 Å². The Balaban J connectivity index is 2.83. The molecule has 0 saturated carbocycles. The summed E-state index contributed by atoms with van der Waals surface area (Å²) < 4.78 is 0. The van der Waals surface area contributed by atoms with E-state index in [9.17, 15) is 5.11 Å². The lowest BCUT2D eigenvalue weighted by Crippen LogP contribution is -1.69. The fraction of sp³-hybridized carbons (Fsp3) is 0.111. The molecule has 2 aromatic rings. The largest absolute Gasteiger partial charge is 0.507 e. The number of phenolic OH excluding ortho intramolecular Hbond substituents is 1. The van der Waals surface area contributed by atoms with Crippen molar-refractivity contribution in [1.82, 2.24) is 4.98 Å². The van der Waals surface area contributed by atoms with Gasteiger partial charge in [0.2, 0.25) is 0 Å². The second-order valence-corrected chi connectivity index (χ2v) is 3.40. The maximum absolute atomic E-state index is 9.54. The predicted octanol–water partition coefficient (Wildman–Crippen LogP) is 2.60. The van der Waals surface area contributed by atoms with Crippen molar-refractivity contribution >= 4 is 22.7 Å². The molecule has 2 nitrogen and oxygen atoms in total. The van der Waals surface area contributed by atoms with Gasteiger partial charge < -0.3 is 10.1 Å². The first-order valence-electron chi connectivity index (χ1n) is 3.66. The smallest absolute Gasteiger partial charge is 0.126 e. The van der Waals surface area contributed by atoms with Crippen LogP contribution in [0.25, 0.3) is 10.9 Å². The van der Waals surface area contributed by atoms with Gasteiger partial charge in [0, 0.05) is 11.1 Å². The number of nitrogens with one attached hydrogen (secondary N) is 1. The van der Waals surface area contributed by atoms with Gasteiger partial charge in [-0.15, -0.1) is 11.8 Å². The zero-order chi connectivity index (χ0) is 8.55. The van der Waals surface area contributed by atoms with Crippen LogP contribution < -0.4 is 0 Å². The molecule has 0 aliphatic heterocycles. The van der Waals surface area contributed by atoms with Gasteiger partial charge in [-0.2, -0.15) is 0 Å². The average Bonchev–Trinajstić information content (AvgIpc) is 2.49. The molecule has 62 valence electrons. The van der Waals surface area contributed by atoms with Crippen LogP contribution in [0.3, 0.4) is 0 Å². The highest BCUT2D eigenvalue weighted by atomic mass is 32.2. The molecule has 1 aromatic carbocycles. The van der Waals surface area contributed by atoms with E-state index in [2.05, 4.69) is 4.98 Å². The van der Waals surface area contributed by atoms with Crippen LogP contribution in [-0.4, -0.2) is 16.3 Å². The summed E-state index contributed by atoms with van der Waals surface area (Å²) in [5.41, 5.74) is 0.986. The monoisotopic (exact) mass is 179 g/mol. The number of thioether (sulfide) groups is 1. The first-order valence-corrected chi connectivity index (χ1v) is 4.88. The van der Waals surface area contributed by atoms with Crippen LogP contribution in [0.1, 0.15) is 0 Å². The second-order valence-electron chi connectivity index (χ2n) is 2.56. The van der Waals surface area contributed by atoms with E-state index >= 15 is 0 Å². The fourth-order valence-corrected chi connectivity index (χ4v) is 1.89. The number of hydrogen-bond acceptors (Lipinski definition) is 2. The zero-order valence-corrected chi connectivity index (χ0v) is 7.48. The molecule has 0 fully saturated rings. The topological polar surface area (TPSA) is 36.0 Å². The van der Waals surface area contributed by atoms with Crippen molar-refractivity contribution < 1.29 is 5.11 Å². The number of fused-ring (bicyclic) bond motifs is 1. The Morgan fingerprint density at radius 2 is 2.25 bits per heavy atom. The molecule has 2 rings (SSSR count). The molecule has 3 heteroatoms. The van der Waals surface area contributed by atoms with Gasteiger partial charge in [0.05, 0.1) is 10.9 Å². The van der Waals surface area contributed by atoms with Crippen LogP contribution in [0.5, 0.6) is 5.75 Å². The van der Waals surface area contributed by atoms with Gasteiger partial charge in [0.1, 0.15) is 5.75 Å². The highest BCUT2D eigenvalue weighted by molar-refractivity contribution is 7.98. The molecular formula is C9H9NOS. The van der Waals surface area contributed by atoms with Crippen LogP contribution in [0.15, 0.2) is 29.3 Å². The summed E-state index contributed by atoms with van der Waals surface area (Å²) in [7, 11) is 0. The van der Waals surface area contributed by atoms with Crippen LogP contribution in [0, 0.1) is 0 Å². The number of benzene rings is 1. The predicted molar refractivity (Wildman–Crippen MR) is 51.7 cm³/mol. The van der Waals surface area contributed by atoms with Gasteiger partial charge in [0.25, 0.3) is 0 Å². The fourth-order valence-electron chi connectivity index (χ4n) is 1.30. The summed E-state index contributed by atoms with van der Waals surface area (Å²) in [5, 5.41) is 10.5. The van der Waals surface area contributed by atoms with Crippen molar-refractivity contribution in [3.63, 3.8) is 0 Å². The molecule has 0 radical (unpaired) electrons. The number of phenols is 1. The molecule has 0 saturated heterocycles. The molecule has 0 spiro atoms. The van der Waals surface area contributed by atoms with Crippen molar-refractivity contribution in [3.05, 3.63) is 24.4 Å². The molecular weight excluding hydrogens is 170 g/mol. The lowest BCUT2D eigenvalue weighted by atomic mass is 10.2. The molecule has 0 atom stereocenters. The Labute approximate surface area is 74.6 Å². The van der Waals surface area contributed by atoms with Gasteiger partial charge in [0.15, 0.2) is 0 Å². The Bertz CT molecular complexity index is 408. The molecule has 1 heterocycles. The van der Waals surface area contributed by atoms with Crippen molar-refractivity contribution in [2.24, 2.45) is 0 Å². The van der Waals surface area contributed by atoms with E-state index in [1.807, 2.05) is 24.6 Å². The molecule has 0 aliphatic carbocycles. The summed E-state index contributed by atoms with van der Waals surface area (Å²) in [6.45, 7) is 0. The number of aromatic nitrogens is 1. The van der Waals surface area contributed by atoms with E-state index in [4.69, 9.17) is 0 Å². The van der Waals surface area contributed by atoms with Gasteiger partial charge in [-0.05, 0) is 18.4 Å². The quantitative estimate of drug-likeness (QED) is 0.660. The van der Waals surface area contributed by atoms with Crippen molar-refractivity contribution in [2.45, 2.75) is 4.90 Å². The summed E-state index contributed by atoms with van der Waals surface area (Å²) in [4.78, 5) is 4.19. The van der Waals surface area contributed by atoms with Gasteiger partial charge >= 0.3 is 0 Å². The van der Waals surface area contributed by atoms with Crippen LogP contribution in [0.4, 0.5) is 0 Å². The molecule has 1 aromatic heterocycles. The molecule has 12 heavy (non-hydrogen) atoms. The Morgan fingerprint density at radius 1 is 1.42 bits per heavy atom. The van der Waals surface area contributed by atoms with E-state index in [1.54, 1.807) is 17.8 Å². The maximum Gasteiger partial charge on any atom is 0.126 e. The first kappa shape index (κ1) is 7.55. The molecule has 0 amide bonds. The minimum atomic E-state index is 0.345. The number of rotatable bonds is 1. The first-order chi connectivity index (χ1) is 5.83. The van der Waals surface area contributed by atoms with Gasteiger partial charge in [-0.3, -0.25) is 0 Å². The third kappa shape index (κ3) is 0.975. The Morgan fingerprint density at radius 3 is 3.00 bits per heavy atom. The second kappa shape index (κ2) is 2.75. The SMILES string of the molecule is CSc1c[nH]c2cccc(O)c12. The Kier molecular flexibility index (Phi) is 1.73. The minimum Gasteiger partial charge on any atom is -0.507 e. The molecule has 0 unspecified atom stereocenters. The third-order valence-corrected chi connectivity index (χ3v) is 2.63. The van der Waals surface area contributed by atoms with Crippen molar-refractivity contribution in [1.29, 1.82) is 0 Å². The number of aromatic hydroxyl groups is 1. The van der Waals surface area contributed by atoms with E-state index in [0.717, 1.165) is 15.8 Å². The van der Waals surface area contributed by atoms with Crippen molar-refractivity contribution in [2.75, 3.05) is 6.26 Å². The minimum absolute atomic E-state index is 0.345. The zero-order valence-electron chi connectivity index (χ0n) is 6.66. The Hall–Kier alpha value is -1.09. The highest BCUT2D eigenvalue weighted by Gasteiger charge is 2.05. The van der Waals surface area contributed by atoms with Gasteiger partial charge in [-0.1, -0.05) is 6.07 Å². The summed E-state index contributed by atoms with van der Waals surface area (Å²) in [6.07, 6.45) is 3.91. The van der Waals surface area contributed by atoms with E-state index < -0.39 is 0 Å².